The van der Waals surface area contributed by atoms with Crippen LogP contribution >= 0.6 is 0 Å². The van der Waals surface area contributed by atoms with E-state index in [9.17, 15) is 14.4 Å². The summed E-state index contributed by atoms with van der Waals surface area (Å²) in [6.07, 6.45) is 3.95. The molecule has 28 heavy (non-hydrogen) atoms. The van der Waals surface area contributed by atoms with Crippen LogP contribution in [0.25, 0.3) is 0 Å². The molecular formula is C20H22N2O6. The van der Waals surface area contributed by atoms with Gasteiger partial charge in [-0.05, 0) is 37.1 Å². The maximum Gasteiger partial charge on any atom is 0.374 e. The summed E-state index contributed by atoms with van der Waals surface area (Å²) in [4.78, 5) is 35.4. The van der Waals surface area contributed by atoms with Crippen molar-refractivity contribution in [2.24, 2.45) is 0 Å². The highest BCUT2D eigenvalue weighted by atomic mass is 16.6. The van der Waals surface area contributed by atoms with Crippen LogP contribution in [0.1, 0.15) is 42.0 Å². The highest BCUT2D eigenvalue weighted by Gasteiger charge is 2.19. The molecule has 0 spiro atoms. The molecule has 0 radical (unpaired) electrons. The molecule has 0 bridgehead atoms. The molecule has 1 saturated carbocycles. The summed E-state index contributed by atoms with van der Waals surface area (Å²) < 4.78 is 15.8. The average Bonchev–Trinajstić information content (AvgIpc) is 3.37. The summed E-state index contributed by atoms with van der Waals surface area (Å²) >= 11 is 0. The van der Waals surface area contributed by atoms with Crippen LogP contribution < -0.4 is 15.4 Å². The fourth-order valence-corrected chi connectivity index (χ4v) is 2.89. The minimum atomic E-state index is -0.794. The van der Waals surface area contributed by atoms with E-state index in [0.29, 0.717) is 11.5 Å². The lowest BCUT2D eigenvalue weighted by molar-refractivity contribution is -0.123. The van der Waals surface area contributed by atoms with Crippen LogP contribution in [0.2, 0.25) is 0 Å². The number of furan rings is 1. The van der Waals surface area contributed by atoms with Crippen molar-refractivity contribution in [2.45, 2.75) is 38.3 Å². The van der Waals surface area contributed by atoms with E-state index in [2.05, 4.69) is 10.6 Å². The molecule has 1 aliphatic rings. The van der Waals surface area contributed by atoms with Gasteiger partial charge in [-0.25, -0.2) is 9.59 Å². The van der Waals surface area contributed by atoms with Gasteiger partial charge in [0.2, 0.25) is 5.76 Å². The second-order valence-electron chi connectivity index (χ2n) is 6.45. The van der Waals surface area contributed by atoms with E-state index in [4.69, 9.17) is 13.9 Å². The number of urea groups is 1. The molecule has 0 saturated heterocycles. The van der Waals surface area contributed by atoms with Crippen LogP contribution in [0.15, 0.2) is 46.9 Å². The summed E-state index contributed by atoms with van der Waals surface area (Å²) in [5.74, 6) is -0.429. The van der Waals surface area contributed by atoms with E-state index >= 15 is 0 Å². The van der Waals surface area contributed by atoms with Crippen LogP contribution in [-0.4, -0.2) is 30.6 Å². The standard InChI is InChI=1S/C20H22N2O6/c23-18(22-20(25)21-14-6-4-5-7-14)13-27-19(24)17-11-10-16(28-17)12-26-15-8-2-1-3-9-15/h1-3,8-11,14H,4-7,12-13H2,(H2,21,22,23,25). The maximum absolute atomic E-state index is 12.0. The highest BCUT2D eigenvalue weighted by Crippen LogP contribution is 2.17. The SMILES string of the molecule is O=C(COC(=O)c1ccc(COc2ccccc2)o1)NC(=O)NC1CCCC1. The van der Waals surface area contributed by atoms with Crippen LogP contribution in [-0.2, 0) is 16.1 Å². The van der Waals surface area contributed by atoms with Gasteiger partial charge in [-0.1, -0.05) is 31.0 Å². The van der Waals surface area contributed by atoms with Crippen LogP contribution in [0.3, 0.4) is 0 Å². The van der Waals surface area contributed by atoms with Gasteiger partial charge < -0.3 is 19.2 Å². The number of rotatable bonds is 7. The lowest BCUT2D eigenvalue weighted by Gasteiger charge is -2.12. The number of hydrogen-bond acceptors (Lipinski definition) is 6. The number of ether oxygens (including phenoxy) is 2. The van der Waals surface area contributed by atoms with Gasteiger partial charge >= 0.3 is 12.0 Å². The molecule has 1 heterocycles. The molecule has 3 amide bonds. The third-order valence-electron chi connectivity index (χ3n) is 4.26. The third-order valence-corrected chi connectivity index (χ3v) is 4.26. The summed E-state index contributed by atoms with van der Waals surface area (Å²) in [5, 5.41) is 4.86. The molecule has 3 rings (SSSR count). The van der Waals surface area contributed by atoms with Crippen molar-refractivity contribution in [3.63, 3.8) is 0 Å². The summed E-state index contributed by atoms with van der Waals surface area (Å²) in [6.45, 7) is -0.424. The number of esters is 1. The van der Waals surface area contributed by atoms with Gasteiger partial charge in [0.05, 0.1) is 0 Å². The molecule has 1 aromatic carbocycles. The van der Waals surface area contributed by atoms with Crippen LogP contribution in [0, 0.1) is 0 Å². The van der Waals surface area contributed by atoms with Gasteiger partial charge in [-0.2, -0.15) is 0 Å². The fraction of sp³-hybridized carbons (Fsp3) is 0.350. The molecule has 2 aromatic rings. The Kier molecular flexibility index (Phi) is 6.67. The predicted molar refractivity (Wildman–Crippen MR) is 98.7 cm³/mol. The van der Waals surface area contributed by atoms with Crippen LogP contribution in [0.5, 0.6) is 5.75 Å². The first kappa shape index (κ1) is 19.5. The molecule has 1 aromatic heterocycles. The number of carbonyl (C=O) groups is 3. The summed E-state index contributed by atoms with van der Waals surface area (Å²) in [5.41, 5.74) is 0. The van der Waals surface area contributed by atoms with Crippen molar-refractivity contribution in [1.29, 1.82) is 0 Å². The van der Waals surface area contributed by atoms with Crippen molar-refractivity contribution in [1.82, 2.24) is 10.6 Å². The Labute approximate surface area is 162 Å². The molecule has 2 N–H and O–H groups in total. The molecule has 0 atom stereocenters. The molecule has 0 unspecified atom stereocenters. The monoisotopic (exact) mass is 386 g/mol. The number of para-hydroxylation sites is 1. The van der Waals surface area contributed by atoms with Gasteiger partial charge in [0.1, 0.15) is 18.1 Å². The number of hydrogen-bond donors (Lipinski definition) is 2. The third kappa shape index (κ3) is 5.87. The zero-order chi connectivity index (χ0) is 19.8. The Balaban J connectivity index is 1.39. The van der Waals surface area contributed by atoms with Gasteiger partial charge in [0.25, 0.3) is 5.91 Å². The quantitative estimate of drug-likeness (QED) is 0.709. The smallest absolute Gasteiger partial charge is 0.374 e. The molecule has 1 aliphatic carbocycles. The van der Waals surface area contributed by atoms with E-state index in [0.717, 1.165) is 25.7 Å². The Hall–Kier alpha value is -3.29. The molecule has 8 heteroatoms. The topological polar surface area (TPSA) is 107 Å². The molecule has 0 aliphatic heterocycles. The molecule has 8 nitrogen and oxygen atoms in total. The van der Waals surface area contributed by atoms with Crippen molar-refractivity contribution >= 4 is 17.9 Å². The van der Waals surface area contributed by atoms with Gasteiger partial charge in [0, 0.05) is 6.04 Å². The summed E-state index contributed by atoms with van der Waals surface area (Å²) in [6, 6.07) is 11.7. The zero-order valence-electron chi connectivity index (χ0n) is 15.3. The lowest BCUT2D eigenvalue weighted by Crippen LogP contribution is -2.44. The van der Waals surface area contributed by atoms with Gasteiger partial charge in [-0.15, -0.1) is 0 Å². The maximum atomic E-state index is 12.0. The van der Waals surface area contributed by atoms with Crippen molar-refractivity contribution in [3.8, 4) is 5.75 Å². The van der Waals surface area contributed by atoms with Gasteiger partial charge in [-0.3, -0.25) is 10.1 Å². The van der Waals surface area contributed by atoms with E-state index in [1.165, 1.54) is 6.07 Å². The lowest BCUT2D eigenvalue weighted by atomic mass is 10.2. The fourth-order valence-electron chi connectivity index (χ4n) is 2.89. The van der Waals surface area contributed by atoms with Crippen molar-refractivity contribution in [3.05, 3.63) is 54.0 Å². The number of imide groups is 1. The Bertz CT molecular complexity index is 811. The summed E-state index contributed by atoms with van der Waals surface area (Å²) in [7, 11) is 0. The minimum absolute atomic E-state index is 0.0464. The molecule has 1 fully saturated rings. The number of nitrogens with one attached hydrogen (secondary N) is 2. The number of benzene rings is 1. The van der Waals surface area contributed by atoms with E-state index in [1.807, 2.05) is 18.2 Å². The first-order valence-corrected chi connectivity index (χ1v) is 9.14. The average molecular weight is 386 g/mol. The normalized spacial score (nSPS) is 13.7. The first-order valence-electron chi connectivity index (χ1n) is 9.14. The Morgan fingerprint density at radius 1 is 1.04 bits per heavy atom. The van der Waals surface area contributed by atoms with Crippen molar-refractivity contribution < 1.29 is 28.3 Å². The predicted octanol–water partition coefficient (Wildman–Crippen LogP) is 2.78. The van der Waals surface area contributed by atoms with E-state index in [-0.39, 0.29) is 18.4 Å². The minimum Gasteiger partial charge on any atom is -0.486 e. The largest absolute Gasteiger partial charge is 0.486 e. The second-order valence-corrected chi connectivity index (χ2v) is 6.45. The van der Waals surface area contributed by atoms with Crippen LogP contribution in [0.4, 0.5) is 4.79 Å². The van der Waals surface area contributed by atoms with E-state index < -0.39 is 24.5 Å². The zero-order valence-corrected chi connectivity index (χ0v) is 15.3. The second kappa shape index (κ2) is 9.59. The highest BCUT2D eigenvalue weighted by molar-refractivity contribution is 5.96. The van der Waals surface area contributed by atoms with Gasteiger partial charge in [0.15, 0.2) is 6.61 Å². The first-order chi connectivity index (χ1) is 13.6. The molecule has 148 valence electrons. The Morgan fingerprint density at radius 2 is 1.79 bits per heavy atom. The Morgan fingerprint density at radius 3 is 2.54 bits per heavy atom. The molecular weight excluding hydrogens is 364 g/mol. The number of amides is 3. The van der Waals surface area contributed by atoms with Crippen molar-refractivity contribution in [2.75, 3.05) is 6.61 Å². The number of carbonyl (C=O) groups excluding carboxylic acids is 3. The van der Waals surface area contributed by atoms with E-state index in [1.54, 1.807) is 18.2 Å².